The number of ether oxygens (including phenoxy) is 1. The van der Waals surface area contributed by atoms with Gasteiger partial charge in [0.2, 0.25) is 0 Å². The van der Waals surface area contributed by atoms with E-state index in [-0.39, 0.29) is 35.3 Å². The monoisotopic (exact) mass is 495 g/mol. The Kier molecular flexibility index (Phi) is 7.17. The minimum absolute atomic E-state index is 0.0191. The van der Waals surface area contributed by atoms with Crippen molar-refractivity contribution in [1.29, 1.82) is 0 Å². The molecule has 0 aliphatic heterocycles. The molecule has 0 radical (unpaired) electrons. The summed E-state index contributed by atoms with van der Waals surface area (Å²) in [6.07, 6.45) is 1.39. The Balaban J connectivity index is 1.62. The van der Waals surface area contributed by atoms with Gasteiger partial charge >= 0.3 is 10.1 Å². The van der Waals surface area contributed by atoms with Crippen molar-refractivity contribution in [2.45, 2.75) is 18.0 Å². The Morgan fingerprint density at radius 3 is 2.29 bits per heavy atom. The van der Waals surface area contributed by atoms with Crippen LogP contribution >= 0.6 is 0 Å². The van der Waals surface area contributed by atoms with Gasteiger partial charge < -0.3 is 18.2 Å². The fourth-order valence-electron chi connectivity index (χ4n) is 3.40. The van der Waals surface area contributed by atoms with Crippen LogP contribution in [-0.4, -0.2) is 26.3 Å². The molecule has 4 rings (SSSR count). The SMILES string of the molecule is COc1ccc(S(=O)(=O)Oc2ccccc2CN(Cc2ccc(F)cc2)C(=O)c2ccco2)cc1. The Labute approximate surface area is 202 Å². The van der Waals surface area contributed by atoms with E-state index in [9.17, 15) is 17.6 Å². The van der Waals surface area contributed by atoms with Crippen LogP contribution in [0.5, 0.6) is 11.5 Å². The molecule has 9 heteroatoms. The fraction of sp³-hybridized carbons (Fsp3) is 0.115. The second-order valence-corrected chi connectivity index (χ2v) is 9.13. The van der Waals surface area contributed by atoms with Gasteiger partial charge in [-0.05, 0) is 60.2 Å². The van der Waals surface area contributed by atoms with Crippen LogP contribution in [0.1, 0.15) is 21.7 Å². The Morgan fingerprint density at radius 2 is 1.63 bits per heavy atom. The second kappa shape index (κ2) is 10.4. The first-order valence-electron chi connectivity index (χ1n) is 10.6. The number of benzene rings is 3. The lowest BCUT2D eigenvalue weighted by atomic mass is 10.1. The van der Waals surface area contributed by atoms with E-state index in [1.807, 2.05) is 0 Å². The van der Waals surface area contributed by atoms with E-state index in [4.69, 9.17) is 13.3 Å². The van der Waals surface area contributed by atoms with Crippen LogP contribution in [0.15, 0.2) is 101 Å². The predicted molar refractivity (Wildman–Crippen MR) is 126 cm³/mol. The van der Waals surface area contributed by atoms with Gasteiger partial charge in [-0.15, -0.1) is 0 Å². The zero-order chi connectivity index (χ0) is 24.8. The van der Waals surface area contributed by atoms with E-state index < -0.39 is 16.0 Å². The molecule has 1 aromatic heterocycles. The molecule has 180 valence electrons. The van der Waals surface area contributed by atoms with E-state index in [0.29, 0.717) is 16.9 Å². The van der Waals surface area contributed by atoms with E-state index in [2.05, 4.69) is 0 Å². The molecule has 0 unspecified atom stereocenters. The average molecular weight is 496 g/mol. The molecular formula is C26H22FNO6S. The number of para-hydroxylation sites is 1. The number of carbonyl (C=O) groups is 1. The van der Waals surface area contributed by atoms with E-state index >= 15 is 0 Å². The van der Waals surface area contributed by atoms with E-state index in [1.165, 1.54) is 66.8 Å². The number of nitrogens with zero attached hydrogens (tertiary/aromatic N) is 1. The third kappa shape index (κ3) is 5.88. The highest BCUT2D eigenvalue weighted by Gasteiger charge is 2.23. The topological polar surface area (TPSA) is 86.1 Å². The summed E-state index contributed by atoms with van der Waals surface area (Å²) in [4.78, 5) is 14.6. The largest absolute Gasteiger partial charge is 0.497 e. The first-order chi connectivity index (χ1) is 16.9. The first kappa shape index (κ1) is 24.0. The van der Waals surface area contributed by atoms with Gasteiger partial charge in [-0.25, -0.2) is 4.39 Å². The van der Waals surface area contributed by atoms with Gasteiger partial charge in [0.1, 0.15) is 22.2 Å². The summed E-state index contributed by atoms with van der Waals surface area (Å²) in [5, 5.41) is 0. The molecule has 35 heavy (non-hydrogen) atoms. The van der Waals surface area contributed by atoms with Crippen LogP contribution in [0.25, 0.3) is 0 Å². The molecule has 0 saturated heterocycles. The number of amides is 1. The summed E-state index contributed by atoms with van der Waals surface area (Å²) in [5.41, 5.74) is 1.15. The van der Waals surface area contributed by atoms with Gasteiger partial charge in [0, 0.05) is 12.1 Å². The van der Waals surface area contributed by atoms with Crippen molar-refractivity contribution >= 4 is 16.0 Å². The minimum Gasteiger partial charge on any atom is -0.497 e. The van der Waals surface area contributed by atoms with Crippen molar-refractivity contribution in [1.82, 2.24) is 4.90 Å². The van der Waals surface area contributed by atoms with E-state index in [0.717, 1.165) is 0 Å². The van der Waals surface area contributed by atoms with Crippen LogP contribution in [-0.2, 0) is 23.2 Å². The van der Waals surface area contributed by atoms with Crippen molar-refractivity contribution in [3.8, 4) is 11.5 Å². The molecule has 7 nitrogen and oxygen atoms in total. The zero-order valence-electron chi connectivity index (χ0n) is 18.8. The van der Waals surface area contributed by atoms with E-state index in [1.54, 1.807) is 36.4 Å². The van der Waals surface area contributed by atoms with Crippen LogP contribution in [0.3, 0.4) is 0 Å². The summed E-state index contributed by atoms with van der Waals surface area (Å²) in [6.45, 7) is 0.157. The van der Waals surface area contributed by atoms with Crippen LogP contribution < -0.4 is 8.92 Å². The molecule has 4 aromatic rings. The normalized spacial score (nSPS) is 11.1. The molecule has 0 atom stereocenters. The van der Waals surface area contributed by atoms with Gasteiger partial charge in [-0.1, -0.05) is 30.3 Å². The highest BCUT2D eigenvalue weighted by molar-refractivity contribution is 7.87. The van der Waals surface area contributed by atoms with Crippen molar-refractivity contribution in [3.63, 3.8) is 0 Å². The van der Waals surface area contributed by atoms with Crippen molar-refractivity contribution in [2.75, 3.05) is 7.11 Å². The fourth-order valence-corrected chi connectivity index (χ4v) is 4.36. The van der Waals surface area contributed by atoms with Crippen molar-refractivity contribution < 1.29 is 30.9 Å². The maximum Gasteiger partial charge on any atom is 0.339 e. The summed E-state index contributed by atoms with van der Waals surface area (Å²) in [6, 6.07) is 21.3. The van der Waals surface area contributed by atoms with Crippen LogP contribution in [0, 0.1) is 5.82 Å². The molecule has 0 fully saturated rings. The Bertz CT molecular complexity index is 1380. The number of halogens is 1. The van der Waals surface area contributed by atoms with Crippen molar-refractivity contribution in [3.05, 3.63) is 114 Å². The zero-order valence-corrected chi connectivity index (χ0v) is 19.6. The molecule has 0 saturated carbocycles. The van der Waals surface area contributed by atoms with Crippen molar-refractivity contribution in [2.24, 2.45) is 0 Å². The Morgan fingerprint density at radius 1 is 0.914 bits per heavy atom. The summed E-state index contributed by atoms with van der Waals surface area (Å²) in [5.74, 6) is -0.0828. The molecule has 0 aliphatic rings. The second-order valence-electron chi connectivity index (χ2n) is 7.59. The summed E-state index contributed by atoms with van der Waals surface area (Å²) < 4.78 is 54.9. The lowest BCUT2D eigenvalue weighted by Crippen LogP contribution is -2.30. The molecule has 0 bridgehead atoms. The smallest absolute Gasteiger partial charge is 0.339 e. The standard InChI is InChI=1S/C26H22FNO6S/c1-32-22-12-14-23(15-13-22)35(30,31)34-24-6-3-2-5-20(24)18-28(26(29)25-7-4-16-33-25)17-19-8-10-21(27)11-9-19/h2-16H,17-18H2,1H3. The first-order valence-corrected chi connectivity index (χ1v) is 12.0. The van der Waals surface area contributed by atoms with Gasteiger partial charge in [0.15, 0.2) is 5.76 Å². The molecule has 0 N–H and O–H groups in total. The maximum atomic E-state index is 13.4. The number of carbonyl (C=O) groups excluding carboxylic acids is 1. The van der Waals surface area contributed by atoms with Gasteiger partial charge in [-0.2, -0.15) is 8.42 Å². The quantitative estimate of drug-likeness (QED) is 0.303. The lowest BCUT2D eigenvalue weighted by molar-refractivity contribution is 0.0697. The molecule has 1 heterocycles. The molecule has 1 amide bonds. The third-order valence-corrected chi connectivity index (χ3v) is 6.44. The van der Waals surface area contributed by atoms with Crippen LogP contribution in [0.2, 0.25) is 0 Å². The van der Waals surface area contributed by atoms with Crippen LogP contribution in [0.4, 0.5) is 4.39 Å². The predicted octanol–water partition coefficient (Wildman–Crippen LogP) is 5.04. The highest BCUT2D eigenvalue weighted by Crippen LogP contribution is 2.26. The number of hydrogen-bond acceptors (Lipinski definition) is 6. The minimum atomic E-state index is -4.14. The summed E-state index contributed by atoms with van der Waals surface area (Å²) in [7, 11) is -2.66. The van der Waals surface area contributed by atoms with Gasteiger partial charge in [0.05, 0.1) is 19.9 Å². The number of methoxy groups -OCH3 is 1. The summed E-state index contributed by atoms with van der Waals surface area (Å²) >= 11 is 0. The molecule has 0 aliphatic carbocycles. The third-order valence-electron chi connectivity index (χ3n) is 5.19. The molecule has 0 spiro atoms. The molecular weight excluding hydrogens is 473 g/mol. The number of furan rings is 1. The molecule has 3 aromatic carbocycles. The lowest BCUT2D eigenvalue weighted by Gasteiger charge is -2.23. The average Bonchev–Trinajstić information content (AvgIpc) is 3.40. The number of hydrogen-bond donors (Lipinski definition) is 0. The van der Waals surface area contributed by atoms with Gasteiger partial charge in [-0.3, -0.25) is 4.79 Å². The van der Waals surface area contributed by atoms with Gasteiger partial charge in [0.25, 0.3) is 5.91 Å². The maximum absolute atomic E-state index is 13.4. The Hall–Kier alpha value is -4.11. The number of rotatable bonds is 9. The highest BCUT2D eigenvalue weighted by atomic mass is 32.2.